The van der Waals surface area contributed by atoms with Gasteiger partial charge in [0.2, 0.25) is 0 Å². The van der Waals surface area contributed by atoms with E-state index < -0.39 is 11.9 Å². The van der Waals surface area contributed by atoms with Gasteiger partial charge in [-0.25, -0.2) is 0 Å². The molecule has 0 aromatic heterocycles. The molecule has 0 bridgehead atoms. The third-order valence-electron chi connectivity index (χ3n) is 5.32. The number of hydroxylamine groups is 2. The van der Waals surface area contributed by atoms with Crippen molar-refractivity contribution in [1.82, 2.24) is 5.06 Å². The summed E-state index contributed by atoms with van der Waals surface area (Å²) in [6, 6.07) is 0.243. The normalized spacial score (nSPS) is 19.0. The summed E-state index contributed by atoms with van der Waals surface area (Å²) in [6.45, 7) is 12.1. The van der Waals surface area contributed by atoms with Gasteiger partial charge in [-0.3, -0.25) is 9.59 Å². The zero-order valence-corrected chi connectivity index (χ0v) is 18.0. The number of hydrogen-bond donors (Lipinski definition) is 2. The van der Waals surface area contributed by atoms with Crippen LogP contribution in [0.15, 0.2) is 0 Å². The first-order valence-corrected chi connectivity index (χ1v) is 10.4. The highest BCUT2D eigenvalue weighted by Gasteiger charge is 2.22. The fourth-order valence-electron chi connectivity index (χ4n) is 2.79. The molecular weight excluding hydrogens is 346 g/mol. The molecule has 1 fully saturated rings. The van der Waals surface area contributed by atoms with Crippen LogP contribution in [0.1, 0.15) is 92.4 Å². The van der Waals surface area contributed by atoms with Gasteiger partial charge in [0.05, 0.1) is 12.8 Å². The van der Waals surface area contributed by atoms with Crippen LogP contribution in [0.3, 0.4) is 0 Å². The molecule has 160 valence electrons. The topological polar surface area (TPSA) is 87.1 Å². The number of aliphatic carboxylic acids is 1. The summed E-state index contributed by atoms with van der Waals surface area (Å²) < 4.78 is 0. The number of aliphatic hydroxyl groups is 1. The lowest BCUT2D eigenvalue weighted by atomic mass is 9.84. The second kappa shape index (κ2) is 13.9. The van der Waals surface area contributed by atoms with E-state index in [1.54, 1.807) is 5.06 Å². The zero-order valence-electron chi connectivity index (χ0n) is 18.0. The van der Waals surface area contributed by atoms with E-state index >= 15 is 0 Å². The van der Waals surface area contributed by atoms with Gasteiger partial charge in [-0.05, 0) is 43.9 Å². The molecule has 1 aliphatic heterocycles. The Kier molecular flexibility index (Phi) is 13.4. The molecular formula is C21H41NO5. The number of carbonyl (C=O) groups is 2. The second-order valence-electron chi connectivity index (χ2n) is 8.54. The van der Waals surface area contributed by atoms with E-state index in [1.165, 1.54) is 25.7 Å². The molecule has 0 amide bonds. The minimum atomic E-state index is -0.973. The van der Waals surface area contributed by atoms with Crippen molar-refractivity contribution >= 4 is 11.9 Å². The molecule has 1 heterocycles. The Hall–Kier alpha value is -1.14. The van der Waals surface area contributed by atoms with Gasteiger partial charge >= 0.3 is 11.9 Å². The van der Waals surface area contributed by atoms with Gasteiger partial charge in [0, 0.05) is 19.2 Å². The lowest BCUT2D eigenvalue weighted by Crippen LogP contribution is -2.39. The maximum absolute atomic E-state index is 11.2. The van der Waals surface area contributed by atoms with Crippen molar-refractivity contribution in [1.29, 1.82) is 0 Å². The number of hydrogen-bond acceptors (Lipinski definition) is 5. The SMILES string of the molecule is CC1CCCCN1OC(=O)CCC(=O)O.CCC(C)(C)CCCC(C)CO. The van der Waals surface area contributed by atoms with Crippen LogP contribution in [0.4, 0.5) is 0 Å². The zero-order chi connectivity index (χ0) is 20.9. The number of nitrogens with zero attached hydrogens (tertiary/aromatic N) is 1. The Morgan fingerprint density at radius 2 is 1.93 bits per heavy atom. The minimum Gasteiger partial charge on any atom is -0.481 e. The largest absolute Gasteiger partial charge is 0.481 e. The van der Waals surface area contributed by atoms with Crippen molar-refractivity contribution in [3.8, 4) is 0 Å². The van der Waals surface area contributed by atoms with Crippen LogP contribution < -0.4 is 0 Å². The maximum Gasteiger partial charge on any atom is 0.325 e. The third-order valence-corrected chi connectivity index (χ3v) is 5.32. The maximum atomic E-state index is 11.2. The fraction of sp³-hybridized carbons (Fsp3) is 0.905. The summed E-state index contributed by atoms with van der Waals surface area (Å²) in [5.41, 5.74) is 0.495. The lowest BCUT2D eigenvalue weighted by molar-refractivity contribution is -0.206. The molecule has 0 aliphatic carbocycles. The molecule has 2 atom stereocenters. The summed E-state index contributed by atoms with van der Waals surface area (Å²) in [5, 5.41) is 18.9. The van der Waals surface area contributed by atoms with E-state index in [9.17, 15) is 9.59 Å². The average molecular weight is 388 g/mol. The van der Waals surface area contributed by atoms with Crippen molar-refractivity contribution in [2.75, 3.05) is 13.2 Å². The van der Waals surface area contributed by atoms with Crippen LogP contribution in [0, 0.1) is 11.3 Å². The molecule has 1 aliphatic rings. The van der Waals surface area contributed by atoms with E-state index in [-0.39, 0.29) is 18.9 Å². The van der Waals surface area contributed by atoms with Crippen LogP contribution in [0.2, 0.25) is 0 Å². The van der Waals surface area contributed by atoms with Gasteiger partial charge in [-0.15, -0.1) is 5.06 Å². The van der Waals surface area contributed by atoms with Crippen LogP contribution in [-0.4, -0.2) is 46.4 Å². The Morgan fingerprint density at radius 3 is 2.44 bits per heavy atom. The molecule has 1 saturated heterocycles. The smallest absolute Gasteiger partial charge is 0.325 e. The highest BCUT2D eigenvalue weighted by atomic mass is 16.7. The predicted molar refractivity (Wildman–Crippen MR) is 107 cm³/mol. The van der Waals surface area contributed by atoms with Crippen molar-refractivity contribution < 1.29 is 24.6 Å². The summed E-state index contributed by atoms with van der Waals surface area (Å²) in [7, 11) is 0. The van der Waals surface area contributed by atoms with Crippen molar-refractivity contribution in [2.24, 2.45) is 11.3 Å². The number of carboxylic acids is 1. The van der Waals surface area contributed by atoms with E-state index in [2.05, 4.69) is 27.7 Å². The monoisotopic (exact) mass is 387 g/mol. The number of carbonyl (C=O) groups excluding carboxylic acids is 1. The second-order valence-corrected chi connectivity index (χ2v) is 8.54. The van der Waals surface area contributed by atoms with Crippen LogP contribution >= 0.6 is 0 Å². The molecule has 0 radical (unpaired) electrons. The highest BCUT2D eigenvalue weighted by molar-refractivity contribution is 5.76. The van der Waals surface area contributed by atoms with E-state index in [4.69, 9.17) is 15.1 Å². The Morgan fingerprint density at radius 1 is 1.26 bits per heavy atom. The molecule has 0 aromatic rings. The van der Waals surface area contributed by atoms with Crippen molar-refractivity contribution in [3.63, 3.8) is 0 Å². The first-order chi connectivity index (χ1) is 12.6. The van der Waals surface area contributed by atoms with Crippen LogP contribution in [-0.2, 0) is 14.4 Å². The predicted octanol–water partition coefficient (Wildman–Crippen LogP) is 4.41. The van der Waals surface area contributed by atoms with Crippen LogP contribution in [0.25, 0.3) is 0 Å². The highest BCUT2D eigenvalue weighted by Crippen LogP contribution is 2.27. The summed E-state index contributed by atoms with van der Waals surface area (Å²) >= 11 is 0. The number of aliphatic hydroxyl groups excluding tert-OH is 1. The van der Waals surface area contributed by atoms with Crippen molar-refractivity contribution in [3.05, 3.63) is 0 Å². The molecule has 0 spiro atoms. The molecule has 2 N–H and O–H groups in total. The molecule has 6 heteroatoms. The summed E-state index contributed by atoms with van der Waals surface area (Å²) in [6.07, 6.45) is 7.93. The number of piperidine rings is 1. The van der Waals surface area contributed by atoms with E-state index in [0.29, 0.717) is 17.9 Å². The minimum absolute atomic E-state index is 0.0570. The Labute approximate surface area is 165 Å². The van der Waals surface area contributed by atoms with E-state index in [0.717, 1.165) is 25.8 Å². The van der Waals surface area contributed by atoms with Gasteiger partial charge in [0.1, 0.15) is 0 Å². The first kappa shape index (κ1) is 25.9. The molecule has 0 aromatic carbocycles. The van der Waals surface area contributed by atoms with E-state index in [1.807, 2.05) is 6.92 Å². The van der Waals surface area contributed by atoms with Gasteiger partial charge in [-0.2, -0.15) is 0 Å². The summed E-state index contributed by atoms with van der Waals surface area (Å²) in [4.78, 5) is 26.6. The van der Waals surface area contributed by atoms with Gasteiger partial charge in [0.25, 0.3) is 0 Å². The number of rotatable bonds is 10. The fourth-order valence-corrected chi connectivity index (χ4v) is 2.79. The standard InChI is InChI=1S/C11H24O.C10H17NO4/c1-5-11(3,4)8-6-7-10(2)9-12;1-8-4-2-3-7-11(8)15-10(14)6-5-9(12)13/h10,12H,5-9H2,1-4H3;8H,2-7H2,1H3,(H,12,13). The third kappa shape index (κ3) is 13.6. The molecule has 2 unspecified atom stereocenters. The van der Waals surface area contributed by atoms with Gasteiger partial charge in [-0.1, -0.05) is 47.0 Å². The first-order valence-electron chi connectivity index (χ1n) is 10.4. The van der Waals surface area contributed by atoms with Crippen LogP contribution in [0.5, 0.6) is 0 Å². The number of carboxylic acid groups (broad SMARTS) is 1. The lowest BCUT2D eigenvalue weighted by Gasteiger charge is -2.31. The van der Waals surface area contributed by atoms with Crippen molar-refractivity contribution in [2.45, 2.75) is 98.4 Å². The Balaban J connectivity index is 0.000000516. The Bertz CT molecular complexity index is 425. The molecule has 6 nitrogen and oxygen atoms in total. The van der Waals surface area contributed by atoms with Gasteiger partial charge < -0.3 is 15.1 Å². The molecule has 27 heavy (non-hydrogen) atoms. The average Bonchev–Trinajstić information content (AvgIpc) is 2.62. The quantitative estimate of drug-likeness (QED) is 0.577. The summed E-state index contributed by atoms with van der Waals surface area (Å²) in [5.74, 6) is -0.942. The molecule has 0 saturated carbocycles. The van der Waals surface area contributed by atoms with Gasteiger partial charge in [0.15, 0.2) is 0 Å². The molecule has 1 rings (SSSR count).